The number of para-hydroxylation sites is 2. The van der Waals surface area contributed by atoms with Crippen LogP contribution in [-0.4, -0.2) is 36.3 Å². The molecular formula is C18H20N2O4. The Balaban J connectivity index is 1.58. The SMILES string of the molecule is COc1ccccc1NC(=O)CCN1C(=O)[C@H]2CC=CC[C@H]2C1=O. The number of fused-ring (bicyclic) bond motifs is 1. The number of likely N-dealkylation sites (tertiary alicyclic amines) is 1. The maximum Gasteiger partial charge on any atom is 0.233 e. The van der Waals surface area contributed by atoms with Crippen LogP contribution in [-0.2, 0) is 14.4 Å². The van der Waals surface area contributed by atoms with E-state index in [1.54, 1.807) is 18.2 Å². The van der Waals surface area contributed by atoms with Crippen molar-refractivity contribution >= 4 is 23.4 Å². The summed E-state index contributed by atoms with van der Waals surface area (Å²) in [5.41, 5.74) is 0.571. The van der Waals surface area contributed by atoms with E-state index < -0.39 is 0 Å². The number of benzene rings is 1. The normalized spacial score (nSPS) is 22.5. The van der Waals surface area contributed by atoms with E-state index in [9.17, 15) is 14.4 Å². The molecule has 1 fully saturated rings. The summed E-state index contributed by atoms with van der Waals surface area (Å²) in [7, 11) is 1.53. The molecule has 1 aliphatic heterocycles. The number of nitrogens with zero attached hydrogens (tertiary/aromatic N) is 1. The van der Waals surface area contributed by atoms with Crippen molar-refractivity contribution in [1.29, 1.82) is 0 Å². The lowest BCUT2D eigenvalue weighted by molar-refractivity contribution is -0.140. The number of amides is 3. The Bertz CT molecular complexity index is 672. The molecule has 0 unspecified atom stereocenters. The zero-order valence-electron chi connectivity index (χ0n) is 13.5. The van der Waals surface area contributed by atoms with Crippen molar-refractivity contribution in [2.24, 2.45) is 11.8 Å². The van der Waals surface area contributed by atoms with Crippen LogP contribution in [0.15, 0.2) is 36.4 Å². The molecule has 1 saturated heterocycles. The van der Waals surface area contributed by atoms with Crippen molar-refractivity contribution in [3.63, 3.8) is 0 Å². The zero-order valence-corrected chi connectivity index (χ0v) is 13.5. The number of ether oxygens (including phenoxy) is 1. The highest BCUT2D eigenvalue weighted by atomic mass is 16.5. The molecule has 1 aromatic carbocycles. The maximum atomic E-state index is 12.3. The molecule has 0 saturated carbocycles. The van der Waals surface area contributed by atoms with Gasteiger partial charge in [0.05, 0.1) is 24.6 Å². The highest BCUT2D eigenvalue weighted by molar-refractivity contribution is 6.05. The molecule has 126 valence electrons. The number of rotatable bonds is 5. The van der Waals surface area contributed by atoms with Crippen LogP contribution in [0.25, 0.3) is 0 Å². The second-order valence-electron chi connectivity index (χ2n) is 5.98. The number of allylic oxidation sites excluding steroid dienone is 2. The monoisotopic (exact) mass is 328 g/mol. The van der Waals surface area contributed by atoms with Gasteiger partial charge in [-0.3, -0.25) is 19.3 Å². The van der Waals surface area contributed by atoms with Crippen molar-refractivity contribution in [3.05, 3.63) is 36.4 Å². The van der Waals surface area contributed by atoms with Crippen LogP contribution in [0.5, 0.6) is 5.75 Å². The average molecular weight is 328 g/mol. The third kappa shape index (κ3) is 3.04. The first kappa shape index (κ1) is 16.2. The second kappa shape index (κ2) is 6.86. The average Bonchev–Trinajstić information content (AvgIpc) is 2.85. The first-order valence-electron chi connectivity index (χ1n) is 8.05. The molecule has 1 N–H and O–H groups in total. The van der Waals surface area contributed by atoms with E-state index in [2.05, 4.69) is 5.32 Å². The topological polar surface area (TPSA) is 75.7 Å². The molecule has 0 aromatic heterocycles. The molecule has 2 aliphatic rings. The van der Waals surface area contributed by atoms with E-state index in [1.165, 1.54) is 12.0 Å². The summed E-state index contributed by atoms with van der Waals surface area (Å²) < 4.78 is 5.18. The van der Waals surface area contributed by atoms with Crippen molar-refractivity contribution < 1.29 is 19.1 Å². The first-order chi connectivity index (χ1) is 11.6. The fourth-order valence-electron chi connectivity index (χ4n) is 3.26. The van der Waals surface area contributed by atoms with E-state index in [4.69, 9.17) is 4.74 Å². The van der Waals surface area contributed by atoms with Gasteiger partial charge in [0.2, 0.25) is 17.7 Å². The minimum absolute atomic E-state index is 0.0718. The maximum absolute atomic E-state index is 12.3. The number of methoxy groups -OCH3 is 1. The highest BCUT2D eigenvalue weighted by Crippen LogP contribution is 2.35. The van der Waals surface area contributed by atoms with Gasteiger partial charge in [-0.2, -0.15) is 0 Å². The minimum atomic E-state index is -0.256. The molecule has 6 heteroatoms. The number of anilines is 1. The molecule has 0 bridgehead atoms. The van der Waals surface area contributed by atoms with Crippen molar-refractivity contribution in [2.45, 2.75) is 19.3 Å². The van der Waals surface area contributed by atoms with Gasteiger partial charge in [-0.05, 0) is 25.0 Å². The van der Waals surface area contributed by atoms with Gasteiger partial charge in [-0.1, -0.05) is 24.3 Å². The molecule has 1 aromatic rings. The third-order valence-corrected chi connectivity index (χ3v) is 4.54. The Morgan fingerprint density at radius 2 is 1.79 bits per heavy atom. The quantitative estimate of drug-likeness (QED) is 0.662. The molecule has 24 heavy (non-hydrogen) atoms. The van der Waals surface area contributed by atoms with Gasteiger partial charge in [-0.15, -0.1) is 0 Å². The van der Waals surface area contributed by atoms with E-state index in [1.807, 2.05) is 18.2 Å². The zero-order chi connectivity index (χ0) is 17.1. The van der Waals surface area contributed by atoms with Gasteiger partial charge in [0, 0.05) is 13.0 Å². The number of imide groups is 1. The van der Waals surface area contributed by atoms with Crippen LogP contribution in [0.3, 0.4) is 0 Å². The van der Waals surface area contributed by atoms with Gasteiger partial charge >= 0.3 is 0 Å². The Kier molecular flexibility index (Phi) is 4.64. The number of nitrogens with one attached hydrogen (secondary N) is 1. The fraction of sp³-hybridized carbons (Fsp3) is 0.389. The van der Waals surface area contributed by atoms with Crippen LogP contribution in [0.2, 0.25) is 0 Å². The fourth-order valence-corrected chi connectivity index (χ4v) is 3.26. The molecule has 2 atom stereocenters. The summed E-state index contributed by atoms with van der Waals surface area (Å²) in [4.78, 5) is 38.1. The molecular weight excluding hydrogens is 308 g/mol. The molecule has 1 heterocycles. The van der Waals surface area contributed by atoms with Crippen LogP contribution < -0.4 is 10.1 Å². The largest absolute Gasteiger partial charge is 0.495 e. The van der Waals surface area contributed by atoms with Gasteiger partial charge in [0.15, 0.2) is 0 Å². The summed E-state index contributed by atoms with van der Waals surface area (Å²) in [6.07, 6.45) is 5.19. The summed E-state index contributed by atoms with van der Waals surface area (Å²) in [6.45, 7) is 0.117. The molecule has 3 rings (SSSR count). The number of carbonyl (C=O) groups is 3. The smallest absolute Gasteiger partial charge is 0.233 e. The second-order valence-corrected chi connectivity index (χ2v) is 5.98. The predicted molar refractivity (Wildman–Crippen MR) is 88.3 cm³/mol. The molecule has 1 aliphatic carbocycles. The van der Waals surface area contributed by atoms with Gasteiger partial charge in [0.1, 0.15) is 5.75 Å². The van der Waals surface area contributed by atoms with Crippen molar-refractivity contribution in [1.82, 2.24) is 4.90 Å². The summed E-state index contributed by atoms with van der Waals surface area (Å²) in [5, 5.41) is 2.75. The van der Waals surface area contributed by atoms with E-state index >= 15 is 0 Å². The summed E-state index contributed by atoms with van der Waals surface area (Å²) in [5.74, 6) is -0.497. The van der Waals surface area contributed by atoms with Gasteiger partial charge in [0.25, 0.3) is 0 Å². The van der Waals surface area contributed by atoms with E-state index in [0.717, 1.165) is 0 Å². The van der Waals surface area contributed by atoms with Gasteiger partial charge < -0.3 is 10.1 Å². The number of hydrogen-bond donors (Lipinski definition) is 1. The first-order valence-corrected chi connectivity index (χ1v) is 8.05. The van der Waals surface area contributed by atoms with E-state index in [0.29, 0.717) is 24.3 Å². The number of carbonyl (C=O) groups excluding carboxylic acids is 3. The summed E-state index contributed by atoms with van der Waals surface area (Å²) in [6, 6.07) is 7.10. The lowest BCUT2D eigenvalue weighted by atomic mass is 9.85. The van der Waals surface area contributed by atoms with Crippen LogP contribution in [0, 0.1) is 11.8 Å². The summed E-state index contributed by atoms with van der Waals surface area (Å²) >= 11 is 0. The predicted octanol–water partition coefficient (Wildman–Crippen LogP) is 1.97. The Morgan fingerprint density at radius 3 is 2.42 bits per heavy atom. The van der Waals surface area contributed by atoms with Crippen molar-refractivity contribution in [3.8, 4) is 5.75 Å². The lowest BCUT2D eigenvalue weighted by Crippen LogP contribution is -2.34. The van der Waals surface area contributed by atoms with Gasteiger partial charge in [-0.25, -0.2) is 0 Å². The Morgan fingerprint density at radius 1 is 1.17 bits per heavy atom. The lowest BCUT2D eigenvalue weighted by Gasteiger charge is -2.15. The molecule has 0 radical (unpaired) electrons. The minimum Gasteiger partial charge on any atom is -0.495 e. The number of hydrogen-bond acceptors (Lipinski definition) is 4. The molecule has 3 amide bonds. The molecule has 6 nitrogen and oxygen atoms in total. The van der Waals surface area contributed by atoms with Crippen molar-refractivity contribution in [2.75, 3.05) is 19.0 Å². The standard InChI is InChI=1S/C18H20N2O4/c1-24-15-9-5-4-8-14(15)19-16(21)10-11-20-17(22)12-6-2-3-7-13(12)18(20)23/h2-5,8-9,12-13H,6-7,10-11H2,1H3,(H,19,21)/t12-,13+. The molecule has 0 spiro atoms. The highest BCUT2D eigenvalue weighted by Gasteiger charge is 2.46. The van der Waals surface area contributed by atoms with Crippen LogP contribution in [0.4, 0.5) is 5.69 Å². The van der Waals surface area contributed by atoms with E-state index in [-0.39, 0.29) is 42.5 Å². The third-order valence-electron chi connectivity index (χ3n) is 4.54. The van der Waals surface area contributed by atoms with Crippen LogP contribution >= 0.6 is 0 Å². The van der Waals surface area contributed by atoms with Crippen LogP contribution in [0.1, 0.15) is 19.3 Å². The Labute approximate surface area is 140 Å². The Hall–Kier alpha value is -2.63.